The zero-order valence-corrected chi connectivity index (χ0v) is 15.7. The predicted octanol–water partition coefficient (Wildman–Crippen LogP) is 4.34. The molecule has 2 N–H and O–H groups in total. The number of carbonyl (C=O) groups excluding carboxylic acids is 1. The molecule has 0 saturated heterocycles. The van der Waals surface area contributed by atoms with E-state index in [0.29, 0.717) is 40.9 Å². The number of nitrogens with one attached hydrogen (secondary N) is 1. The molecule has 0 spiro atoms. The van der Waals surface area contributed by atoms with Crippen molar-refractivity contribution in [3.05, 3.63) is 32.4 Å². The first-order valence-corrected chi connectivity index (χ1v) is 8.87. The summed E-state index contributed by atoms with van der Waals surface area (Å²) in [6, 6.07) is 1.43. The number of aryl methyl sites for hydroxylation is 1. The van der Waals surface area contributed by atoms with Crippen LogP contribution in [0.2, 0.25) is 5.02 Å². The van der Waals surface area contributed by atoms with Gasteiger partial charge in [-0.1, -0.05) is 11.6 Å². The molecular formula is C17H17BrClNO4. The van der Waals surface area contributed by atoms with Crippen molar-refractivity contribution in [2.45, 2.75) is 33.1 Å². The minimum absolute atomic E-state index is 0.130. The van der Waals surface area contributed by atoms with Gasteiger partial charge in [-0.25, -0.2) is 4.79 Å². The van der Waals surface area contributed by atoms with Gasteiger partial charge in [-0.15, -0.1) is 0 Å². The second-order valence-corrected chi connectivity index (χ2v) is 7.52. The van der Waals surface area contributed by atoms with Crippen LogP contribution >= 0.6 is 27.5 Å². The third-order valence-corrected chi connectivity index (χ3v) is 6.00. The fourth-order valence-corrected chi connectivity index (χ4v) is 4.13. The van der Waals surface area contributed by atoms with Crippen molar-refractivity contribution < 1.29 is 19.4 Å². The highest BCUT2D eigenvalue weighted by atomic mass is 79.9. The molecule has 0 bridgehead atoms. The molecule has 1 aliphatic rings. The first-order valence-electron chi connectivity index (χ1n) is 7.70. The first kappa shape index (κ1) is 17.3. The van der Waals surface area contributed by atoms with Crippen LogP contribution in [0.15, 0.2) is 10.5 Å². The summed E-state index contributed by atoms with van der Waals surface area (Å²) in [5, 5.41) is 10.6. The first-order chi connectivity index (χ1) is 11.3. The Morgan fingerprint density at radius 1 is 1.50 bits per heavy atom. The van der Waals surface area contributed by atoms with Gasteiger partial charge in [0.25, 0.3) is 0 Å². The van der Waals surface area contributed by atoms with Crippen molar-refractivity contribution in [2.24, 2.45) is 5.41 Å². The minimum Gasteiger partial charge on any atom is -0.478 e. The highest BCUT2D eigenvalue weighted by molar-refractivity contribution is 9.10. The molecule has 0 aliphatic heterocycles. The standard InChI is InChI=1S/C17H17BrClNO4/c1-3-24-16(23)17(2)5-4-8-11(7-17)20-14-9(15(21)22)6-10(19)13(18)12(8)14/h6,20H,3-5,7H2,1-2H3,(H,21,22). The topological polar surface area (TPSA) is 79.4 Å². The van der Waals surface area contributed by atoms with Gasteiger partial charge < -0.3 is 14.8 Å². The van der Waals surface area contributed by atoms with E-state index in [1.165, 1.54) is 6.07 Å². The van der Waals surface area contributed by atoms with Crippen LogP contribution < -0.4 is 0 Å². The van der Waals surface area contributed by atoms with Crippen LogP contribution in [0.25, 0.3) is 10.9 Å². The lowest BCUT2D eigenvalue weighted by molar-refractivity contribution is -0.155. The average molecular weight is 415 g/mol. The predicted molar refractivity (Wildman–Crippen MR) is 94.7 cm³/mol. The number of carboxylic acid groups (broad SMARTS) is 1. The number of aromatic carboxylic acids is 1. The van der Waals surface area contributed by atoms with Gasteiger partial charge in [0.05, 0.1) is 28.1 Å². The van der Waals surface area contributed by atoms with Crippen LogP contribution in [0, 0.1) is 5.41 Å². The summed E-state index contributed by atoms with van der Waals surface area (Å²) in [4.78, 5) is 27.0. The second-order valence-electron chi connectivity index (χ2n) is 6.32. The zero-order valence-electron chi connectivity index (χ0n) is 13.3. The quantitative estimate of drug-likeness (QED) is 0.732. The van der Waals surface area contributed by atoms with Crippen LogP contribution in [-0.4, -0.2) is 28.6 Å². The molecule has 24 heavy (non-hydrogen) atoms. The highest BCUT2D eigenvalue weighted by Gasteiger charge is 2.40. The molecule has 3 rings (SSSR count). The van der Waals surface area contributed by atoms with Crippen molar-refractivity contribution >= 4 is 50.4 Å². The van der Waals surface area contributed by atoms with E-state index < -0.39 is 11.4 Å². The number of H-pyrrole nitrogens is 1. The highest BCUT2D eigenvalue weighted by Crippen LogP contribution is 2.43. The maximum absolute atomic E-state index is 12.3. The molecule has 1 aromatic carbocycles. The monoisotopic (exact) mass is 413 g/mol. The number of fused-ring (bicyclic) bond motifs is 3. The molecule has 0 radical (unpaired) electrons. The molecule has 5 nitrogen and oxygen atoms in total. The molecular weight excluding hydrogens is 398 g/mol. The lowest BCUT2D eigenvalue weighted by atomic mass is 9.75. The number of benzene rings is 1. The Hall–Kier alpha value is -1.53. The van der Waals surface area contributed by atoms with E-state index >= 15 is 0 Å². The van der Waals surface area contributed by atoms with Crippen molar-refractivity contribution in [1.82, 2.24) is 4.98 Å². The number of aromatic amines is 1. The SMILES string of the molecule is CCOC(=O)C1(C)CCc2c([nH]c3c(C(=O)O)cc(Cl)c(Br)c23)C1. The number of rotatable bonds is 3. The van der Waals surface area contributed by atoms with E-state index in [4.69, 9.17) is 16.3 Å². The molecule has 0 fully saturated rings. The summed E-state index contributed by atoms with van der Waals surface area (Å²) in [7, 11) is 0. The van der Waals surface area contributed by atoms with Crippen molar-refractivity contribution in [3.63, 3.8) is 0 Å². The lowest BCUT2D eigenvalue weighted by Crippen LogP contribution is -2.35. The molecule has 0 saturated carbocycles. The van der Waals surface area contributed by atoms with Crippen LogP contribution in [0.4, 0.5) is 0 Å². The number of ether oxygens (including phenoxy) is 1. The number of hydrogen-bond acceptors (Lipinski definition) is 3. The van der Waals surface area contributed by atoms with Gasteiger partial charge in [0.2, 0.25) is 0 Å². The van der Waals surface area contributed by atoms with Gasteiger partial charge in [-0.3, -0.25) is 4.79 Å². The Kier molecular flexibility index (Phi) is 4.38. The van der Waals surface area contributed by atoms with Gasteiger partial charge >= 0.3 is 11.9 Å². The van der Waals surface area contributed by atoms with E-state index in [-0.39, 0.29) is 11.5 Å². The molecule has 2 aromatic rings. The number of aromatic nitrogens is 1. The Morgan fingerprint density at radius 3 is 2.83 bits per heavy atom. The summed E-state index contributed by atoms with van der Waals surface area (Å²) < 4.78 is 5.88. The average Bonchev–Trinajstić information content (AvgIpc) is 2.89. The maximum Gasteiger partial charge on any atom is 0.337 e. The third kappa shape index (κ3) is 2.62. The van der Waals surface area contributed by atoms with Crippen LogP contribution in [-0.2, 0) is 22.4 Å². The van der Waals surface area contributed by atoms with Gasteiger partial charge in [-0.05, 0) is 54.2 Å². The van der Waals surface area contributed by atoms with E-state index in [0.717, 1.165) is 16.6 Å². The summed E-state index contributed by atoms with van der Waals surface area (Å²) in [6.45, 7) is 4.02. The summed E-state index contributed by atoms with van der Waals surface area (Å²) >= 11 is 9.65. The smallest absolute Gasteiger partial charge is 0.337 e. The third-order valence-electron chi connectivity index (χ3n) is 4.65. The second kappa shape index (κ2) is 6.08. The van der Waals surface area contributed by atoms with Crippen LogP contribution in [0.5, 0.6) is 0 Å². The molecule has 1 atom stereocenters. The van der Waals surface area contributed by atoms with E-state index in [1.807, 2.05) is 6.92 Å². The van der Waals surface area contributed by atoms with E-state index in [1.54, 1.807) is 6.92 Å². The molecule has 1 heterocycles. The van der Waals surface area contributed by atoms with Crippen LogP contribution in [0.3, 0.4) is 0 Å². The Bertz CT molecular complexity index is 860. The maximum atomic E-state index is 12.3. The fraction of sp³-hybridized carbons (Fsp3) is 0.412. The van der Waals surface area contributed by atoms with Crippen LogP contribution in [0.1, 0.15) is 41.9 Å². The van der Waals surface area contributed by atoms with E-state index in [2.05, 4.69) is 20.9 Å². The van der Waals surface area contributed by atoms with Crippen molar-refractivity contribution in [3.8, 4) is 0 Å². The zero-order chi connectivity index (χ0) is 17.6. The molecule has 0 amide bonds. The Balaban J connectivity index is 2.16. The molecule has 1 aromatic heterocycles. The van der Waals surface area contributed by atoms with Crippen molar-refractivity contribution in [2.75, 3.05) is 6.61 Å². The molecule has 128 valence electrons. The van der Waals surface area contributed by atoms with Gasteiger partial charge in [0, 0.05) is 22.0 Å². The Morgan fingerprint density at radius 2 is 2.21 bits per heavy atom. The van der Waals surface area contributed by atoms with Gasteiger partial charge in [0.1, 0.15) is 0 Å². The number of esters is 1. The van der Waals surface area contributed by atoms with Crippen molar-refractivity contribution in [1.29, 1.82) is 0 Å². The molecule has 7 heteroatoms. The molecule has 1 unspecified atom stereocenters. The number of hydrogen-bond donors (Lipinski definition) is 2. The molecule has 1 aliphatic carbocycles. The summed E-state index contributed by atoms with van der Waals surface area (Å²) in [6.07, 6.45) is 1.79. The number of halogens is 2. The number of carbonyl (C=O) groups is 2. The van der Waals surface area contributed by atoms with Gasteiger partial charge in [-0.2, -0.15) is 0 Å². The van der Waals surface area contributed by atoms with E-state index in [9.17, 15) is 14.7 Å². The minimum atomic E-state index is -1.04. The van der Waals surface area contributed by atoms with Gasteiger partial charge in [0.15, 0.2) is 0 Å². The number of carboxylic acids is 1. The largest absolute Gasteiger partial charge is 0.478 e. The fourth-order valence-electron chi connectivity index (χ4n) is 3.37. The summed E-state index contributed by atoms with van der Waals surface area (Å²) in [5.74, 6) is -1.26. The normalized spacial score (nSPS) is 20.0. The lowest BCUT2D eigenvalue weighted by Gasteiger charge is -2.31. The Labute approximate surface area is 152 Å². The summed E-state index contributed by atoms with van der Waals surface area (Å²) in [5.41, 5.74) is 1.95.